The van der Waals surface area contributed by atoms with Gasteiger partial charge in [-0.25, -0.2) is 0 Å². The predicted molar refractivity (Wildman–Crippen MR) is 82.4 cm³/mol. The van der Waals surface area contributed by atoms with Crippen LogP contribution < -0.4 is 10.1 Å². The molecule has 0 radical (unpaired) electrons. The van der Waals surface area contributed by atoms with Crippen LogP contribution in [0.5, 0.6) is 5.75 Å². The first kappa shape index (κ1) is 15.3. The topological polar surface area (TPSA) is 30.5 Å². The van der Waals surface area contributed by atoms with Crippen LogP contribution in [0, 0.1) is 6.92 Å². The van der Waals surface area contributed by atoms with Crippen molar-refractivity contribution in [2.24, 2.45) is 0 Å². The third-order valence-electron chi connectivity index (χ3n) is 4.25. The van der Waals surface area contributed by atoms with E-state index in [0.29, 0.717) is 12.1 Å². The van der Waals surface area contributed by atoms with Gasteiger partial charge in [0.1, 0.15) is 5.75 Å². The van der Waals surface area contributed by atoms with Crippen LogP contribution in [0.2, 0.25) is 0 Å². The Balaban J connectivity index is 1.96. The maximum absolute atomic E-state index is 5.83. The van der Waals surface area contributed by atoms with Crippen LogP contribution in [-0.4, -0.2) is 26.9 Å². The lowest BCUT2D eigenvalue weighted by Gasteiger charge is -2.25. The fourth-order valence-electron chi connectivity index (χ4n) is 3.01. The fraction of sp³-hybridized carbons (Fsp3) is 0.647. The molecule has 1 heterocycles. The van der Waals surface area contributed by atoms with Crippen molar-refractivity contribution in [1.29, 1.82) is 0 Å². The van der Waals surface area contributed by atoms with E-state index < -0.39 is 0 Å². The summed E-state index contributed by atoms with van der Waals surface area (Å²) in [7, 11) is 3.75. The smallest absolute Gasteiger partial charge is 0.119 e. The van der Waals surface area contributed by atoms with Crippen molar-refractivity contribution in [3.8, 4) is 5.75 Å². The van der Waals surface area contributed by atoms with E-state index >= 15 is 0 Å². The molecule has 1 fully saturated rings. The first-order valence-electron chi connectivity index (χ1n) is 7.68. The summed E-state index contributed by atoms with van der Waals surface area (Å²) in [5.41, 5.74) is 2.65. The van der Waals surface area contributed by atoms with Crippen LogP contribution in [0.4, 0.5) is 0 Å². The Morgan fingerprint density at radius 1 is 1.40 bits per heavy atom. The molecule has 2 unspecified atom stereocenters. The second kappa shape index (κ2) is 7.65. The predicted octanol–water partition coefficient (Wildman–Crippen LogP) is 3.61. The molecule has 112 valence electrons. The van der Waals surface area contributed by atoms with E-state index in [1.165, 1.54) is 30.4 Å². The maximum atomic E-state index is 5.83. The summed E-state index contributed by atoms with van der Waals surface area (Å²) in [4.78, 5) is 0. The molecule has 0 saturated carbocycles. The Labute approximate surface area is 122 Å². The van der Waals surface area contributed by atoms with Crippen LogP contribution in [0.3, 0.4) is 0 Å². The van der Waals surface area contributed by atoms with E-state index in [1.807, 2.05) is 13.1 Å². The molecule has 2 rings (SSSR count). The van der Waals surface area contributed by atoms with Gasteiger partial charge in [-0.3, -0.25) is 0 Å². The molecular weight excluding hydrogens is 250 g/mol. The molecule has 2 atom stereocenters. The Hall–Kier alpha value is -1.06. The van der Waals surface area contributed by atoms with Gasteiger partial charge in [0, 0.05) is 12.6 Å². The fourth-order valence-corrected chi connectivity index (χ4v) is 3.01. The van der Waals surface area contributed by atoms with Crippen molar-refractivity contribution in [3.63, 3.8) is 0 Å². The molecule has 1 aromatic rings. The number of hydrogen-bond acceptors (Lipinski definition) is 3. The number of methoxy groups -OCH3 is 1. The molecule has 0 bridgehead atoms. The van der Waals surface area contributed by atoms with Gasteiger partial charge in [0.2, 0.25) is 0 Å². The minimum absolute atomic E-state index is 0.395. The summed E-state index contributed by atoms with van der Waals surface area (Å²) in [6.07, 6.45) is 6.47. The van der Waals surface area contributed by atoms with Crippen molar-refractivity contribution < 1.29 is 9.47 Å². The van der Waals surface area contributed by atoms with Gasteiger partial charge >= 0.3 is 0 Å². The average molecular weight is 277 g/mol. The zero-order chi connectivity index (χ0) is 14.4. The lowest BCUT2D eigenvalue weighted by molar-refractivity contribution is 0.00865. The van der Waals surface area contributed by atoms with Crippen molar-refractivity contribution >= 4 is 0 Å². The molecule has 20 heavy (non-hydrogen) atoms. The zero-order valence-electron chi connectivity index (χ0n) is 12.9. The molecule has 1 aliphatic rings. The highest BCUT2D eigenvalue weighted by Crippen LogP contribution is 2.27. The summed E-state index contributed by atoms with van der Waals surface area (Å²) in [5, 5.41) is 3.44. The normalized spacial score (nSPS) is 20.6. The minimum Gasteiger partial charge on any atom is -0.497 e. The highest BCUT2D eigenvalue weighted by atomic mass is 16.5. The average Bonchev–Trinajstić information content (AvgIpc) is 2.50. The van der Waals surface area contributed by atoms with Crippen molar-refractivity contribution in [2.75, 3.05) is 20.8 Å². The standard InChI is InChI=1S/C17H27NO2/c1-13-12-15(19-3)7-9-16(13)17(18-2)10-8-14-6-4-5-11-20-14/h7,9,12,14,17-18H,4-6,8,10-11H2,1-3H3. The zero-order valence-corrected chi connectivity index (χ0v) is 12.9. The van der Waals surface area contributed by atoms with Crippen LogP contribution in [-0.2, 0) is 4.74 Å². The summed E-state index contributed by atoms with van der Waals surface area (Å²) >= 11 is 0. The molecule has 0 spiro atoms. The van der Waals surface area contributed by atoms with E-state index in [4.69, 9.17) is 9.47 Å². The molecule has 0 aromatic heterocycles. The van der Waals surface area contributed by atoms with Crippen LogP contribution in [0.1, 0.15) is 49.3 Å². The Morgan fingerprint density at radius 3 is 2.85 bits per heavy atom. The van der Waals surface area contributed by atoms with Gasteiger partial charge in [-0.05, 0) is 69.3 Å². The molecular formula is C17H27NO2. The molecule has 1 aromatic carbocycles. The van der Waals surface area contributed by atoms with E-state index in [-0.39, 0.29) is 0 Å². The monoisotopic (exact) mass is 277 g/mol. The van der Waals surface area contributed by atoms with Crippen molar-refractivity contribution in [2.45, 2.75) is 51.2 Å². The van der Waals surface area contributed by atoms with Gasteiger partial charge in [0.25, 0.3) is 0 Å². The molecule has 3 nitrogen and oxygen atoms in total. The lowest BCUT2D eigenvalue weighted by atomic mass is 9.94. The summed E-state index contributed by atoms with van der Waals surface area (Å²) in [6, 6.07) is 6.73. The third-order valence-corrected chi connectivity index (χ3v) is 4.25. The number of ether oxygens (including phenoxy) is 2. The van der Waals surface area contributed by atoms with E-state index in [2.05, 4.69) is 24.4 Å². The van der Waals surface area contributed by atoms with Gasteiger partial charge in [0.15, 0.2) is 0 Å². The first-order valence-corrected chi connectivity index (χ1v) is 7.68. The van der Waals surface area contributed by atoms with E-state index in [0.717, 1.165) is 25.2 Å². The number of rotatable bonds is 6. The van der Waals surface area contributed by atoms with Gasteiger partial charge < -0.3 is 14.8 Å². The first-order chi connectivity index (χ1) is 9.74. The van der Waals surface area contributed by atoms with Crippen molar-refractivity contribution in [3.05, 3.63) is 29.3 Å². The molecule has 1 N–H and O–H groups in total. The van der Waals surface area contributed by atoms with Gasteiger partial charge in [0.05, 0.1) is 13.2 Å². The molecule has 0 amide bonds. The Kier molecular flexibility index (Phi) is 5.86. The van der Waals surface area contributed by atoms with E-state index in [9.17, 15) is 0 Å². The highest BCUT2D eigenvalue weighted by molar-refractivity contribution is 5.36. The third kappa shape index (κ3) is 3.97. The molecule has 1 aliphatic heterocycles. The van der Waals surface area contributed by atoms with Gasteiger partial charge in [-0.15, -0.1) is 0 Å². The van der Waals surface area contributed by atoms with E-state index in [1.54, 1.807) is 7.11 Å². The Morgan fingerprint density at radius 2 is 2.25 bits per heavy atom. The summed E-state index contributed by atoms with van der Waals surface area (Å²) in [6.45, 7) is 3.09. The number of benzene rings is 1. The van der Waals surface area contributed by atoms with Crippen molar-refractivity contribution in [1.82, 2.24) is 5.32 Å². The molecule has 0 aliphatic carbocycles. The van der Waals surface area contributed by atoms with Gasteiger partial charge in [-0.1, -0.05) is 6.07 Å². The molecule has 3 heteroatoms. The summed E-state index contributed by atoms with van der Waals surface area (Å²) < 4.78 is 11.1. The van der Waals surface area contributed by atoms with Gasteiger partial charge in [-0.2, -0.15) is 0 Å². The Bertz CT molecular complexity index is 413. The number of aryl methyl sites for hydroxylation is 1. The maximum Gasteiger partial charge on any atom is 0.119 e. The number of nitrogens with one attached hydrogen (secondary N) is 1. The van der Waals surface area contributed by atoms with Crippen LogP contribution in [0.25, 0.3) is 0 Å². The second-order valence-corrected chi connectivity index (χ2v) is 5.63. The van der Waals surface area contributed by atoms with Crippen LogP contribution >= 0.6 is 0 Å². The quantitative estimate of drug-likeness (QED) is 0.861. The molecule has 1 saturated heterocycles. The SMILES string of the molecule is CNC(CCC1CCCCO1)c1ccc(OC)cc1C. The minimum atomic E-state index is 0.395. The highest BCUT2D eigenvalue weighted by Gasteiger charge is 2.18. The van der Waals surface area contributed by atoms with Crippen LogP contribution in [0.15, 0.2) is 18.2 Å². The summed E-state index contributed by atoms with van der Waals surface area (Å²) in [5.74, 6) is 0.928. The lowest BCUT2D eigenvalue weighted by Crippen LogP contribution is -2.23. The number of hydrogen-bond donors (Lipinski definition) is 1. The second-order valence-electron chi connectivity index (χ2n) is 5.63. The largest absolute Gasteiger partial charge is 0.497 e.